The van der Waals surface area contributed by atoms with E-state index in [4.69, 9.17) is 11.5 Å². The molecule has 70 valence electrons. The zero-order chi connectivity index (χ0) is 9.84. The number of halogens is 1. The Balaban J connectivity index is 2.80. The third kappa shape index (κ3) is 3.27. The van der Waals surface area contributed by atoms with E-state index in [0.29, 0.717) is 9.82 Å². The summed E-state index contributed by atoms with van der Waals surface area (Å²) in [5.74, 6) is -0.142. The number of rotatable bonds is 2. The summed E-state index contributed by atoms with van der Waals surface area (Å²) in [5.41, 5.74) is 11.2. The van der Waals surface area contributed by atoms with E-state index in [2.05, 4.69) is 4.99 Å². The molecule has 0 saturated carbocycles. The van der Waals surface area contributed by atoms with E-state index in [9.17, 15) is 4.39 Å². The molecule has 0 radical (unpaired) electrons. The molecule has 1 aromatic carbocycles. The van der Waals surface area contributed by atoms with Crippen molar-refractivity contribution >= 4 is 9.23 Å². The first-order valence-electron chi connectivity index (χ1n) is 3.59. The maximum absolute atomic E-state index is 12.8. The molecule has 3 nitrogen and oxygen atoms in total. The van der Waals surface area contributed by atoms with Gasteiger partial charge in [0.1, 0.15) is 0 Å². The summed E-state index contributed by atoms with van der Waals surface area (Å²) >= 11 is 1.30. The average Bonchev–Trinajstić information content (AvgIpc) is 2.07. The third-order valence-electron chi connectivity index (χ3n) is 1.43. The van der Waals surface area contributed by atoms with E-state index >= 15 is 0 Å². The van der Waals surface area contributed by atoms with Crippen molar-refractivity contribution in [2.24, 2.45) is 16.5 Å². The molecule has 0 spiro atoms. The van der Waals surface area contributed by atoms with Crippen molar-refractivity contribution in [1.29, 1.82) is 0 Å². The first kappa shape index (κ1) is 10.4. The van der Waals surface area contributed by atoms with Crippen LogP contribution < -0.4 is 14.7 Å². The van der Waals surface area contributed by atoms with E-state index in [1.165, 1.54) is 30.8 Å². The van der Waals surface area contributed by atoms with E-state index in [-0.39, 0.29) is 11.8 Å². The summed E-state index contributed by atoms with van der Waals surface area (Å²) in [5, 5.41) is 0. The summed E-state index contributed by atoms with van der Waals surface area (Å²) in [4.78, 5) is 3.82. The molecular formula is C8H9AtFN3. The second-order valence-electron chi connectivity index (χ2n) is 2.49. The van der Waals surface area contributed by atoms with Crippen molar-refractivity contribution in [3.8, 4) is 0 Å². The molecule has 0 aliphatic carbocycles. The van der Waals surface area contributed by atoms with Gasteiger partial charge in [0.2, 0.25) is 0 Å². The molecule has 0 saturated heterocycles. The van der Waals surface area contributed by atoms with Crippen LogP contribution in [0.2, 0.25) is 0 Å². The van der Waals surface area contributed by atoms with Crippen molar-refractivity contribution in [3.05, 3.63) is 29.6 Å². The molecule has 0 unspecified atom stereocenters. The van der Waals surface area contributed by atoms with Crippen molar-refractivity contribution in [3.63, 3.8) is 0 Å². The van der Waals surface area contributed by atoms with E-state index in [0.717, 1.165) is 5.56 Å². The van der Waals surface area contributed by atoms with Crippen molar-refractivity contribution in [2.75, 3.05) is 0 Å². The summed E-state index contributed by atoms with van der Waals surface area (Å²) in [6.07, 6.45) is 0. The second-order valence-corrected chi connectivity index (χ2v) is 4.07. The fraction of sp³-hybridized carbons (Fsp3) is 0.125. The first-order chi connectivity index (χ1) is 6.09. The molecule has 4 N–H and O–H groups in total. The molecule has 0 fully saturated rings. The Morgan fingerprint density at radius 1 is 1.46 bits per heavy atom. The fourth-order valence-corrected chi connectivity index (χ4v) is 1.61. The Morgan fingerprint density at radius 2 is 2.15 bits per heavy atom. The molecule has 0 aromatic heterocycles. The standard InChI is InChI=1S/C8H9AtFN3/c9-6-3-5(1-2-7(6)10)4-13-8(11)12/h1-3H,4H2,(H4,11,12,13)/i9+1. The zero-order valence-corrected chi connectivity index (χ0v) is 9.74. The molecule has 13 heavy (non-hydrogen) atoms. The summed E-state index contributed by atoms with van der Waals surface area (Å²) in [6.45, 7) is 0.401. The van der Waals surface area contributed by atoms with E-state index in [1.54, 1.807) is 12.1 Å². The van der Waals surface area contributed by atoms with Crippen LogP contribution in [0, 0.1) is 30.5 Å². The van der Waals surface area contributed by atoms with Gasteiger partial charge >= 0.3 is 90.9 Å². The van der Waals surface area contributed by atoms with Gasteiger partial charge in [-0.3, -0.25) is 0 Å². The number of hydrogen-bond acceptors (Lipinski definition) is 1. The molecule has 0 heterocycles. The molecule has 5 heteroatoms. The van der Waals surface area contributed by atoms with Crippen LogP contribution in [0.1, 0.15) is 5.56 Å². The SMILES string of the molecule is NC(N)=NCc1ccc(F)c([211At])c1. The quantitative estimate of drug-likeness (QED) is 0.553. The second kappa shape index (κ2) is 4.51. The molecule has 0 aliphatic rings. The van der Waals surface area contributed by atoms with Crippen LogP contribution in [0.4, 0.5) is 4.39 Å². The zero-order valence-electron chi connectivity index (χ0n) is 6.80. The predicted octanol–water partition coefficient (Wildman–Crippen LogP) is -0.226. The Kier molecular flexibility index (Phi) is 3.61. The fourth-order valence-electron chi connectivity index (χ4n) is 0.821. The van der Waals surface area contributed by atoms with Crippen molar-refractivity contribution in [1.82, 2.24) is 0 Å². The molecule has 0 atom stereocenters. The molecule has 0 bridgehead atoms. The van der Waals surface area contributed by atoms with Gasteiger partial charge in [-0.25, -0.2) is 0 Å². The maximum atomic E-state index is 12.8. The van der Waals surface area contributed by atoms with Crippen molar-refractivity contribution in [2.45, 2.75) is 6.54 Å². The molecule has 1 aromatic rings. The number of aliphatic imine (C=N–C) groups is 1. The third-order valence-corrected chi connectivity index (χ3v) is 2.55. The van der Waals surface area contributed by atoms with E-state index < -0.39 is 0 Å². The Bertz CT molecular complexity index is 334. The van der Waals surface area contributed by atoms with Gasteiger partial charge in [-0.15, -0.1) is 0 Å². The van der Waals surface area contributed by atoms with Gasteiger partial charge in [-0.05, 0) is 0 Å². The topological polar surface area (TPSA) is 64.4 Å². The summed E-state index contributed by atoms with van der Waals surface area (Å²) in [7, 11) is 0. The van der Waals surface area contributed by atoms with Gasteiger partial charge in [0.25, 0.3) is 0 Å². The van der Waals surface area contributed by atoms with Crippen LogP contribution in [0.5, 0.6) is 0 Å². The van der Waals surface area contributed by atoms with Crippen LogP contribution >= 0.6 is 0 Å². The predicted molar refractivity (Wildman–Crippen MR) is 45.5 cm³/mol. The molecular weight excluding hydrogens is 368 g/mol. The van der Waals surface area contributed by atoms with Gasteiger partial charge in [0, 0.05) is 0 Å². The normalized spacial score (nSPS) is 9.69. The van der Waals surface area contributed by atoms with Gasteiger partial charge in [0.15, 0.2) is 0 Å². The monoisotopic (exact) mass is 377 g/mol. The minimum absolute atomic E-state index is 0.0480. The van der Waals surface area contributed by atoms with Crippen molar-refractivity contribution < 1.29 is 29.1 Å². The number of nitrogens with zero attached hydrogens (tertiary/aromatic N) is 1. The Morgan fingerprint density at radius 3 is 2.69 bits per heavy atom. The molecule has 0 aliphatic heterocycles. The number of nitrogens with two attached hydrogens (primary N) is 2. The Labute approximate surface area is 90.9 Å². The van der Waals surface area contributed by atoms with Crippen LogP contribution in [0.25, 0.3) is 0 Å². The molecule has 1 rings (SSSR count). The van der Waals surface area contributed by atoms with E-state index in [1.807, 2.05) is 0 Å². The summed E-state index contributed by atoms with van der Waals surface area (Å²) < 4.78 is 13.5. The first-order valence-corrected chi connectivity index (χ1v) is 5.06. The van der Waals surface area contributed by atoms with Crippen LogP contribution in [0.15, 0.2) is 23.2 Å². The number of guanidine groups is 1. The van der Waals surface area contributed by atoms with Gasteiger partial charge in [0.05, 0.1) is 0 Å². The van der Waals surface area contributed by atoms with Gasteiger partial charge in [-0.1, -0.05) is 0 Å². The van der Waals surface area contributed by atoms with Gasteiger partial charge < -0.3 is 0 Å². The Hall–Kier alpha value is -0.697. The molecule has 0 amide bonds. The average molecular weight is 377 g/mol. The number of hydrogen-bond donors (Lipinski definition) is 2. The number of benzene rings is 1. The minimum atomic E-state index is -0.190. The van der Waals surface area contributed by atoms with Crippen LogP contribution in [-0.4, -0.2) is 5.96 Å². The summed E-state index contributed by atoms with van der Waals surface area (Å²) in [6, 6.07) is 4.84. The van der Waals surface area contributed by atoms with Gasteiger partial charge in [-0.2, -0.15) is 0 Å². The van der Waals surface area contributed by atoms with Crippen LogP contribution in [0.3, 0.4) is 0 Å². The van der Waals surface area contributed by atoms with Crippen LogP contribution in [-0.2, 0) is 6.54 Å².